The van der Waals surface area contributed by atoms with Crippen LogP contribution in [0.5, 0.6) is 0 Å². The first-order valence-electron chi connectivity index (χ1n) is 4.61. The fourth-order valence-electron chi connectivity index (χ4n) is 0.894. The summed E-state index contributed by atoms with van der Waals surface area (Å²) in [7, 11) is 1.55. The number of methoxy groups -OCH3 is 1. The highest BCUT2D eigenvalue weighted by atomic mass is 35.5. The lowest BCUT2D eigenvalue weighted by Gasteiger charge is -2.14. The molecule has 0 aromatic carbocycles. The van der Waals surface area contributed by atoms with Crippen LogP contribution in [0.4, 0.5) is 0 Å². The molecule has 0 amide bonds. The van der Waals surface area contributed by atoms with Crippen molar-refractivity contribution in [3.63, 3.8) is 0 Å². The molecule has 0 atom stereocenters. The van der Waals surface area contributed by atoms with Crippen LogP contribution in [0.15, 0.2) is 0 Å². The van der Waals surface area contributed by atoms with E-state index in [9.17, 15) is 9.59 Å². The molecular formula is C9H14Cl2O5. The monoisotopic (exact) mass is 272 g/mol. The van der Waals surface area contributed by atoms with Gasteiger partial charge < -0.3 is 14.2 Å². The first-order valence-corrected chi connectivity index (χ1v) is 5.36. The zero-order chi connectivity index (χ0) is 12.4. The van der Waals surface area contributed by atoms with E-state index in [0.717, 1.165) is 0 Å². The topological polar surface area (TPSA) is 61.8 Å². The Hall–Kier alpha value is -0.200. The molecule has 0 aromatic rings. The van der Waals surface area contributed by atoms with Crippen LogP contribution in [0.3, 0.4) is 0 Å². The van der Waals surface area contributed by atoms with E-state index in [4.69, 9.17) is 37.4 Å². The van der Waals surface area contributed by atoms with Crippen molar-refractivity contribution in [1.82, 2.24) is 0 Å². The minimum atomic E-state index is -0.641. The predicted octanol–water partition coefficient (Wildman–Crippen LogP) is 1.30. The second kappa shape index (κ2) is 9.99. The summed E-state index contributed by atoms with van der Waals surface area (Å²) in [4.78, 5) is 21.3. The van der Waals surface area contributed by atoms with Crippen LogP contribution in [0.1, 0.15) is 12.8 Å². The van der Waals surface area contributed by atoms with Gasteiger partial charge in [-0.2, -0.15) is 0 Å². The van der Waals surface area contributed by atoms with Crippen molar-refractivity contribution in [3.8, 4) is 0 Å². The first-order chi connectivity index (χ1) is 7.56. The second-order valence-electron chi connectivity index (χ2n) is 2.93. The molecule has 0 aliphatic rings. The molecule has 0 saturated heterocycles. The van der Waals surface area contributed by atoms with Gasteiger partial charge in [0, 0.05) is 20.0 Å². The van der Waals surface area contributed by atoms with Gasteiger partial charge in [0.05, 0.1) is 19.3 Å². The number of ether oxygens (including phenoxy) is 3. The Balaban J connectivity index is 3.73. The fraction of sp³-hybridized carbons (Fsp3) is 0.778. The summed E-state index contributed by atoms with van der Waals surface area (Å²) in [5.41, 5.74) is 0. The Labute approximate surface area is 104 Å². The van der Waals surface area contributed by atoms with E-state index in [0.29, 0.717) is 13.2 Å². The number of rotatable bonds is 10. The van der Waals surface area contributed by atoms with E-state index in [2.05, 4.69) is 0 Å². The summed E-state index contributed by atoms with van der Waals surface area (Å²) in [6.45, 7) is 0.770. The van der Waals surface area contributed by atoms with Gasteiger partial charge in [-0.15, -0.1) is 0 Å². The normalized spacial score (nSPS) is 10.8. The van der Waals surface area contributed by atoms with Gasteiger partial charge >= 0.3 is 0 Å². The van der Waals surface area contributed by atoms with Crippen LogP contribution in [0, 0.1) is 0 Å². The third kappa shape index (κ3) is 10.3. The number of hydrogen-bond donors (Lipinski definition) is 0. The molecule has 0 unspecified atom stereocenters. The minimum Gasteiger partial charge on any atom is -0.382 e. The highest BCUT2D eigenvalue weighted by Crippen LogP contribution is 2.09. The van der Waals surface area contributed by atoms with E-state index in [-0.39, 0.29) is 19.6 Å². The van der Waals surface area contributed by atoms with Crippen LogP contribution in [-0.2, 0) is 23.8 Å². The average Bonchev–Trinajstić information content (AvgIpc) is 2.15. The van der Waals surface area contributed by atoms with Gasteiger partial charge in [0.25, 0.3) is 0 Å². The zero-order valence-corrected chi connectivity index (χ0v) is 10.4. The Morgan fingerprint density at radius 1 is 1.12 bits per heavy atom. The second-order valence-corrected chi connectivity index (χ2v) is 3.77. The van der Waals surface area contributed by atoms with Crippen molar-refractivity contribution in [1.29, 1.82) is 0 Å². The lowest BCUT2D eigenvalue weighted by molar-refractivity contribution is -0.128. The third-order valence-corrected chi connectivity index (χ3v) is 1.90. The molecule has 0 aliphatic carbocycles. The van der Waals surface area contributed by atoms with E-state index in [1.54, 1.807) is 7.11 Å². The quantitative estimate of drug-likeness (QED) is 0.341. The van der Waals surface area contributed by atoms with Gasteiger partial charge in [0.2, 0.25) is 10.5 Å². The molecule has 7 heteroatoms. The van der Waals surface area contributed by atoms with Crippen molar-refractivity contribution in [2.75, 3.05) is 27.1 Å². The minimum absolute atomic E-state index is 0.0393. The molecule has 0 saturated carbocycles. The molecule has 0 rings (SSSR count). The number of carbonyl (C=O) groups is 2. The molecule has 0 fully saturated rings. The van der Waals surface area contributed by atoms with Crippen molar-refractivity contribution >= 4 is 33.7 Å². The van der Waals surface area contributed by atoms with E-state index in [1.807, 2.05) is 0 Å². The number of hydrogen-bond acceptors (Lipinski definition) is 5. The van der Waals surface area contributed by atoms with Gasteiger partial charge in [-0.05, 0) is 23.2 Å². The van der Waals surface area contributed by atoms with E-state index < -0.39 is 16.6 Å². The Morgan fingerprint density at radius 2 is 1.69 bits per heavy atom. The first kappa shape index (κ1) is 15.8. The number of halogens is 2. The number of carbonyl (C=O) groups excluding carboxylic acids is 2. The summed E-state index contributed by atoms with van der Waals surface area (Å²) < 4.78 is 14.9. The molecule has 94 valence electrons. The molecule has 0 aromatic heterocycles. The highest BCUT2D eigenvalue weighted by molar-refractivity contribution is 6.64. The Bertz CT molecular complexity index is 206. The maximum absolute atomic E-state index is 10.6. The van der Waals surface area contributed by atoms with Crippen LogP contribution in [-0.4, -0.2) is 43.7 Å². The van der Waals surface area contributed by atoms with Gasteiger partial charge in [-0.3, -0.25) is 9.59 Å². The summed E-state index contributed by atoms with van der Waals surface area (Å²) in [5.74, 6) is 0. The summed E-state index contributed by atoms with van der Waals surface area (Å²) >= 11 is 10.4. The molecule has 0 radical (unpaired) electrons. The third-order valence-electron chi connectivity index (χ3n) is 1.60. The van der Waals surface area contributed by atoms with Gasteiger partial charge in [0.1, 0.15) is 6.79 Å². The molecular weight excluding hydrogens is 259 g/mol. The molecule has 0 N–H and O–H groups in total. The maximum Gasteiger partial charge on any atom is 0.224 e. The standard InChI is InChI=1S/C9H14Cl2O5/c1-14-2-3-15-6-16-7(4-8(10)12)5-9(11)13/h7H,2-6H2,1H3. The molecule has 0 spiro atoms. The molecule has 0 bridgehead atoms. The molecule has 0 aliphatic heterocycles. The van der Waals surface area contributed by atoms with Gasteiger partial charge in [0.15, 0.2) is 0 Å². The van der Waals surface area contributed by atoms with Crippen molar-refractivity contribution in [2.45, 2.75) is 18.9 Å². The molecule has 0 heterocycles. The van der Waals surface area contributed by atoms with Crippen LogP contribution < -0.4 is 0 Å². The maximum atomic E-state index is 10.6. The molecule has 5 nitrogen and oxygen atoms in total. The van der Waals surface area contributed by atoms with Crippen molar-refractivity contribution in [3.05, 3.63) is 0 Å². The van der Waals surface area contributed by atoms with Gasteiger partial charge in [-0.25, -0.2) is 0 Å². The summed E-state index contributed by atoms with van der Waals surface area (Å²) in [6.07, 6.45) is -0.793. The summed E-state index contributed by atoms with van der Waals surface area (Å²) in [5, 5.41) is -1.17. The van der Waals surface area contributed by atoms with Crippen molar-refractivity contribution in [2.24, 2.45) is 0 Å². The zero-order valence-electron chi connectivity index (χ0n) is 8.91. The summed E-state index contributed by atoms with van der Waals surface area (Å²) in [6, 6.07) is 0. The van der Waals surface area contributed by atoms with Crippen LogP contribution in [0.2, 0.25) is 0 Å². The predicted molar refractivity (Wildman–Crippen MR) is 58.5 cm³/mol. The van der Waals surface area contributed by atoms with Gasteiger partial charge in [-0.1, -0.05) is 0 Å². The highest BCUT2D eigenvalue weighted by Gasteiger charge is 2.16. The molecule has 16 heavy (non-hydrogen) atoms. The Morgan fingerprint density at radius 3 is 2.12 bits per heavy atom. The Kier molecular flexibility index (Phi) is 9.86. The van der Waals surface area contributed by atoms with E-state index >= 15 is 0 Å². The smallest absolute Gasteiger partial charge is 0.224 e. The largest absolute Gasteiger partial charge is 0.382 e. The SMILES string of the molecule is COCCOCOC(CC(=O)Cl)CC(=O)Cl. The lowest BCUT2D eigenvalue weighted by Crippen LogP contribution is -2.20. The van der Waals surface area contributed by atoms with E-state index in [1.165, 1.54) is 0 Å². The lowest BCUT2D eigenvalue weighted by atomic mass is 10.2. The fourth-order valence-corrected chi connectivity index (χ4v) is 1.24. The van der Waals surface area contributed by atoms with Crippen LogP contribution in [0.25, 0.3) is 0 Å². The average molecular weight is 273 g/mol. The van der Waals surface area contributed by atoms with Crippen LogP contribution >= 0.6 is 23.2 Å². The van der Waals surface area contributed by atoms with Crippen molar-refractivity contribution < 1.29 is 23.8 Å².